The van der Waals surface area contributed by atoms with Gasteiger partial charge in [0.1, 0.15) is 0 Å². The van der Waals surface area contributed by atoms with Gasteiger partial charge in [0, 0.05) is 4.88 Å². The quantitative estimate of drug-likeness (QED) is 0.844. The van der Waals surface area contributed by atoms with Crippen molar-refractivity contribution < 1.29 is 0 Å². The third-order valence-corrected chi connectivity index (χ3v) is 3.45. The Morgan fingerprint density at radius 2 is 2.06 bits per heavy atom. The molecule has 2 aromatic rings. The Bertz CT molecular complexity index is 568. The lowest BCUT2D eigenvalue weighted by atomic mass is 10.2. The van der Waals surface area contributed by atoms with E-state index in [-0.39, 0.29) is 0 Å². The molecule has 2 nitrogen and oxygen atoms in total. The molecule has 0 saturated heterocycles. The Morgan fingerprint density at radius 1 is 1.12 bits per heavy atom. The summed E-state index contributed by atoms with van der Waals surface area (Å²) in [6.07, 6.45) is 4.19. The molecule has 0 fully saturated rings. The van der Waals surface area contributed by atoms with E-state index in [1.165, 1.54) is 4.88 Å². The average Bonchev–Trinajstić information content (AvgIpc) is 2.89. The van der Waals surface area contributed by atoms with E-state index in [4.69, 9.17) is 0 Å². The fourth-order valence-corrected chi connectivity index (χ4v) is 2.38. The van der Waals surface area contributed by atoms with Crippen molar-refractivity contribution in [3.8, 4) is 0 Å². The van der Waals surface area contributed by atoms with E-state index in [2.05, 4.69) is 46.0 Å². The van der Waals surface area contributed by atoms with E-state index < -0.39 is 0 Å². The molecule has 0 amide bonds. The van der Waals surface area contributed by atoms with Gasteiger partial charge in [-0.1, -0.05) is 18.2 Å². The number of nitrogens with one attached hydrogen (secondary N) is 1. The first-order chi connectivity index (χ1) is 8.42. The first kappa shape index (κ1) is 10.3. The molecular weight excluding hydrogens is 228 g/mol. The molecule has 0 spiro atoms. The van der Waals surface area contributed by atoms with Gasteiger partial charge in [-0.15, -0.1) is 11.3 Å². The van der Waals surface area contributed by atoms with Gasteiger partial charge in [-0.25, -0.2) is 4.99 Å². The normalized spacial score (nSPS) is 14.2. The lowest BCUT2D eigenvalue weighted by molar-refractivity contribution is 1.31. The first-order valence-corrected chi connectivity index (χ1v) is 6.42. The number of para-hydroxylation sites is 2. The fraction of sp³-hybridized carbons (Fsp3) is 0.0714. The lowest BCUT2D eigenvalue weighted by Gasteiger charge is -2.15. The Morgan fingerprint density at radius 3 is 2.94 bits per heavy atom. The van der Waals surface area contributed by atoms with Crippen molar-refractivity contribution in [3.63, 3.8) is 0 Å². The minimum atomic E-state index is 0.791. The van der Waals surface area contributed by atoms with Crippen LogP contribution in [0.3, 0.4) is 0 Å². The molecular formula is C14H12N2S. The summed E-state index contributed by atoms with van der Waals surface area (Å²) in [7, 11) is 0. The molecule has 1 N–H and O–H groups in total. The van der Waals surface area contributed by atoms with Gasteiger partial charge in [-0.3, -0.25) is 0 Å². The minimum Gasteiger partial charge on any atom is -0.378 e. The van der Waals surface area contributed by atoms with E-state index in [9.17, 15) is 0 Å². The van der Waals surface area contributed by atoms with Gasteiger partial charge in [0.15, 0.2) is 0 Å². The van der Waals surface area contributed by atoms with Crippen molar-refractivity contribution in [3.05, 3.63) is 52.7 Å². The van der Waals surface area contributed by atoms with Crippen molar-refractivity contribution in [2.45, 2.75) is 0 Å². The molecule has 84 valence electrons. The van der Waals surface area contributed by atoms with Crippen LogP contribution in [0.1, 0.15) is 4.88 Å². The highest BCUT2D eigenvalue weighted by Gasteiger charge is 2.07. The topological polar surface area (TPSA) is 24.4 Å². The molecule has 0 saturated carbocycles. The fourth-order valence-electron chi connectivity index (χ4n) is 1.76. The molecule has 3 rings (SSSR count). The molecule has 0 radical (unpaired) electrons. The lowest BCUT2D eigenvalue weighted by Crippen LogP contribution is -2.15. The smallest absolute Gasteiger partial charge is 0.0865 e. The number of hydrogen-bond donors (Lipinski definition) is 1. The summed E-state index contributed by atoms with van der Waals surface area (Å²) >= 11 is 1.73. The highest BCUT2D eigenvalue weighted by atomic mass is 32.1. The molecule has 0 bridgehead atoms. The third kappa shape index (κ3) is 2.29. The monoisotopic (exact) mass is 240 g/mol. The van der Waals surface area contributed by atoms with Crippen LogP contribution < -0.4 is 5.32 Å². The van der Waals surface area contributed by atoms with Crippen LogP contribution in [-0.4, -0.2) is 12.3 Å². The van der Waals surface area contributed by atoms with Crippen molar-refractivity contribution >= 4 is 34.5 Å². The summed E-state index contributed by atoms with van der Waals surface area (Å²) in [4.78, 5) is 5.87. The summed E-state index contributed by atoms with van der Waals surface area (Å²) in [6.45, 7) is 0.791. The molecule has 1 aromatic carbocycles. The second-order valence-corrected chi connectivity index (χ2v) is 4.80. The number of anilines is 1. The van der Waals surface area contributed by atoms with E-state index in [0.717, 1.165) is 23.6 Å². The largest absolute Gasteiger partial charge is 0.378 e. The summed E-state index contributed by atoms with van der Waals surface area (Å²) in [5.74, 6) is 0. The number of hydrogen-bond acceptors (Lipinski definition) is 3. The maximum Gasteiger partial charge on any atom is 0.0865 e. The van der Waals surface area contributed by atoms with E-state index in [1.54, 1.807) is 11.3 Å². The summed E-state index contributed by atoms with van der Waals surface area (Å²) in [5, 5.41) is 5.44. The molecule has 1 aliphatic heterocycles. The Labute approximate surface area is 104 Å². The highest BCUT2D eigenvalue weighted by molar-refractivity contribution is 7.10. The predicted octanol–water partition coefficient (Wildman–Crippen LogP) is 3.96. The number of rotatable bonds is 2. The van der Waals surface area contributed by atoms with Crippen LogP contribution in [0.15, 0.2) is 52.8 Å². The van der Waals surface area contributed by atoms with Crippen molar-refractivity contribution in [1.29, 1.82) is 0 Å². The van der Waals surface area contributed by atoms with Gasteiger partial charge in [-0.05, 0) is 35.7 Å². The molecule has 1 aromatic heterocycles. The highest BCUT2D eigenvalue weighted by Crippen LogP contribution is 2.27. The zero-order valence-electron chi connectivity index (χ0n) is 9.26. The zero-order valence-corrected chi connectivity index (χ0v) is 10.1. The van der Waals surface area contributed by atoms with Crippen LogP contribution in [0.5, 0.6) is 0 Å². The number of benzene rings is 1. The molecule has 1 aliphatic rings. The van der Waals surface area contributed by atoms with Gasteiger partial charge in [0.25, 0.3) is 0 Å². The van der Waals surface area contributed by atoms with Crippen LogP contribution >= 0.6 is 11.3 Å². The first-order valence-electron chi connectivity index (χ1n) is 5.54. The van der Waals surface area contributed by atoms with Crippen LogP contribution in [0.25, 0.3) is 6.08 Å². The summed E-state index contributed by atoms with van der Waals surface area (Å²) in [5.41, 5.74) is 3.20. The van der Waals surface area contributed by atoms with Crippen molar-refractivity contribution in [1.82, 2.24) is 0 Å². The number of thiophene rings is 1. The van der Waals surface area contributed by atoms with Crippen LogP contribution in [-0.2, 0) is 0 Å². The Balaban J connectivity index is 1.85. The third-order valence-electron chi connectivity index (χ3n) is 2.61. The molecule has 2 heterocycles. The van der Waals surface area contributed by atoms with Crippen molar-refractivity contribution in [2.24, 2.45) is 4.99 Å². The second-order valence-electron chi connectivity index (χ2n) is 3.82. The molecule has 0 aliphatic carbocycles. The maximum absolute atomic E-state index is 4.62. The van der Waals surface area contributed by atoms with Gasteiger partial charge in [0.2, 0.25) is 0 Å². The van der Waals surface area contributed by atoms with Gasteiger partial charge >= 0.3 is 0 Å². The van der Waals surface area contributed by atoms with Gasteiger partial charge in [-0.2, -0.15) is 0 Å². The number of aliphatic imine (C=N–C) groups is 1. The van der Waals surface area contributed by atoms with Crippen molar-refractivity contribution in [2.75, 3.05) is 11.9 Å². The van der Waals surface area contributed by atoms with E-state index >= 15 is 0 Å². The van der Waals surface area contributed by atoms with Crippen LogP contribution in [0.4, 0.5) is 11.4 Å². The number of fused-ring (bicyclic) bond motifs is 1. The summed E-state index contributed by atoms with van der Waals surface area (Å²) < 4.78 is 0. The SMILES string of the molecule is C(=Cc1cccs1)C1=Nc2ccccc2NC1. The standard InChI is InChI=1S/C14H12N2S/c1-2-6-14-13(5-1)15-10-11(16-14)7-8-12-4-3-9-17-12/h1-9,15H,10H2. The second kappa shape index (κ2) is 4.55. The molecule has 3 heteroatoms. The number of nitrogens with zero attached hydrogens (tertiary/aromatic N) is 1. The Kier molecular flexibility index (Phi) is 2.76. The minimum absolute atomic E-state index is 0.791. The molecule has 0 unspecified atom stereocenters. The van der Waals surface area contributed by atoms with Crippen LogP contribution in [0, 0.1) is 0 Å². The maximum atomic E-state index is 4.62. The summed E-state index contributed by atoms with van der Waals surface area (Å²) in [6, 6.07) is 12.3. The van der Waals surface area contributed by atoms with E-state index in [1.807, 2.05) is 18.2 Å². The van der Waals surface area contributed by atoms with Gasteiger partial charge < -0.3 is 5.32 Å². The Hall–Kier alpha value is -1.87. The van der Waals surface area contributed by atoms with Crippen LogP contribution in [0.2, 0.25) is 0 Å². The zero-order chi connectivity index (χ0) is 11.5. The molecule has 17 heavy (non-hydrogen) atoms. The predicted molar refractivity (Wildman–Crippen MR) is 75.4 cm³/mol. The van der Waals surface area contributed by atoms with Gasteiger partial charge in [0.05, 0.1) is 23.6 Å². The van der Waals surface area contributed by atoms with E-state index in [0.29, 0.717) is 0 Å². The molecule has 0 atom stereocenters. The average molecular weight is 240 g/mol.